The van der Waals surface area contributed by atoms with Crippen molar-refractivity contribution in [2.24, 2.45) is 16.0 Å². The first-order chi connectivity index (χ1) is 13.5. The van der Waals surface area contributed by atoms with Crippen molar-refractivity contribution in [2.75, 3.05) is 11.5 Å². The molecule has 0 aliphatic heterocycles. The molecule has 0 fully saturated rings. The third-order valence-electron chi connectivity index (χ3n) is 3.82. The van der Waals surface area contributed by atoms with Gasteiger partial charge < -0.3 is 21.9 Å². The highest BCUT2D eigenvalue weighted by atomic mass is 35.5. The number of hydrogen-bond acceptors (Lipinski definition) is 7. The fourth-order valence-electron chi connectivity index (χ4n) is 2.31. The van der Waals surface area contributed by atoms with Crippen LogP contribution in [0.5, 0.6) is 0 Å². The molecule has 1 amide bonds. The Bertz CT molecular complexity index is 743. The van der Waals surface area contributed by atoms with Gasteiger partial charge in [-0.05, 0) is 43.5 Å². The molecule has 0 saturated heterocycles. The number of azo groups is 1. The third kappa shape index (κ3) is 11.5. The number of hydrogen-bond donors (Lipinski definition) is 3. The second-order valence-electron chi connectivity index (χ2n) is 6.14. The minimum atomic E-state index is -0.654. The predicted octanol–water partition coefficient (Wildman–Crippen LogP) is 5.52. The van der Waals surface area contributed by atoms with Crippen LogP contribution in [0.2, 0.25) is 0 Å². The van der Waals surface area contributed by atoms with E-state index in [1.165, 1.54) is 12.8 Å². The number of nitrogens with two attached hydrogens (primary N) is 3. The number of carbonyl (C=O) groups excluding carboxylic acids is 1. The fourth-order valence-corrected chi connectivity index (χ4v) is 2.31. The quantitative estimate of drug-likeness (QED) is 0.379. The van der Waals surface area contributed by atoms with E-state index < -0.39 is 6.09 Å². The Morgan fingerprint density at radius 3 is 2.31 bits per heavy atom. The normalized spacial score (nSPS) is 11.1. The van der Waals surface area contributed by atoms with Crippen molar-refractivity contribution in [1.82, 2.24) is 4.98 Å². The van der Waals surface area contributed by atoms with Crippen molar-refractivity contribution in [3.63, 3.8) is 0 Å². The standard InChI is InChI=1S/C11H11N5.C9H19NO2.ClH/c12-10-7-6-9(11(13)14-10)16-15-8-4-2-1-3-5-8;1-3-5-6-7-8(4-2)12-9(10)11;/h1-7H,(H4,12,13,14);8H,3-7H2,1-2H3,(H2,10,11);1H/b16-15+;;. The maximum atomic E-state index is 10.4. The number of ether oxygens (including phenoxy) is 1. The summed E-state index contributed by atoms with van der Waals surface area (Å²) in [6.45, 7) is 4.15. The molecule has 8 nitrogen and oxygen atoms in total. The Kier molecular flexibility index (Phi) is 13.6. The van der Waals surface area contributed by atoms with E-state index in [0.717, 1.165) is 24.9 Å². The van der Waals surface area contributed by atoms with Crippen LogP contribution in [0.15, 0.2) is 52.7 Å². The molecule has 0 aliphatic carbocycles. The minimum Gasteiger partial charge on any atom is -0.446 e. The molecule has 0 spiro atoms. The number of unbranched alkanes of at least 4 members (excludes halogenated alkanes) is 2. The van der Waals surface area contributed by atoms with Gasteiger partial charge in [-0.2, -0.15) is 5.11 Å². The molecule has 0 saturated carbocycles. The summed E-state index contributed by atoms with van der Waals surface area (Å²) in [6.07, 6.45) is 4.65. The summed E-state index contributed by atoms with van der Waals surface area (Å²) in [5, 5.41) is 8.03. The first-order valence-corrected chi connectivity index (χ1v) is 9.41. The number of pyridine rings is 1. The van der Waals surface area contributed by atoms with Gasteiger partial charge in [0.25, 0.3) is 0 Å². The van der Waals surface area contributed by atoms with Crippen molar-refractivity contribution in [2.45, 2.75) is 52.1 Å². The molecule has 1 heterocycles. The van der Waals surface area contributed by atoms with E-state index in [4.69, 9.17) is 21.9 Å². The monoisotopic (exact) mass is 422 g/mol. The zero-order chi connectivity index (χ0) is 20.8. The fraction of sp³-hybridized carbons (Fsp3) is 0.400. The Labute approximate surface area is 178 Å². The summed E-state index contributed by atoms with van der Waals surface area (Å²) in [5.41, 5.74) is 17.3. The van der Waals surface area contributed by atoms with Gasteiger partial charge in [-0.3, -0.25) is 0 Å². The number of aromatic nitrogens is 1. The van der Waals surface area contributed by atoms with Crippen LogP contribution >= 0.6 is 12.4 Å². The van der Waals surface area contributed by atoms with Gasteiger partial charge in [0.1, 0.15) is 17.6 Å². The lowest BCUT2D eigenvalue weighted by Gasteiger charge is -2.13. The van der Waals surface area contributed by atoms with Crippen LogP contribution in [-0.4, -0.2) is 17.2 Å². The molecule has 6 N–H and O–H groups in total. The first kappa shape index (κ1) is 26.1. The zero-order valence-electron chi connectivity index (χ0n) is 17.0. The van der Waals surface area contributed by atoms with E-state index in [-0.39, 0.29) is 24.3 Å². The zero-order valence-corrected chi connectivity index (χ0v) is 17.8. The average molecular weight is 423 g/mol. The molecule has 1 atom stereocenters. The number of benzene rings is 1. The molecule has 9 heteroatoms. The van der Waals surface area contributed by atoms with Crippen LogP contribution in [0, 0.1) is 0 Å². The van der Waals surface area contributed by atoms with Crippen LogP contribution in [-0.2, 0) is 4.74 Å². The molecule has 1 unspecified atom stereocenters. The molecular formula is C20H31ClN6O2. The van der Waals surface area contributed by atoms with Crippen molar-refractivity contribution >= 4 is 41.5 Å². The number of primary amides is 1. The summed E-state index contributed by atoms with van der Waals surface area (Å²) in [7, 11) is 0. The highest BCUT2D eigenvalue weighted by molar-refractivity contribution is 5.85. The Morgan fingerprint density at radius 2 is 1.76 bits per heavy atom. The highest BCUT2D eigenvalue weighted by Crippen LogP contribution is 2.23. The molecule has 29 heavy (non-hydrogen) atoms. The number of nitrogens with zero attached hydrogens (tertiary/aromatic N) is 3. The second-order valence-corrected chi connectivity index (χ2v) is 6.14. The van der Waals surface area contributed by atoms with E-state index in [1.807, 2.05) is 37.3 Å². The number of nitrogen functional groups attached to an aromatic ring is 2. The lowest BCUT2D eigenvalue weighted by molar-refractivity contribution is 0.0970. The summed E-state index contributed by atoms with van der Waals surface area (Å²) in [6, 6.07) is 12.7. The molecule has 0 radical (unpaired) electrons. The molecule has 1 aromatic heterocycles. The molecular weight excluding hydrogens is 392 g/mol. The van der Waals surface area contributed by atoms with Crippen LogP contribution in [0.25, 0.3) is 0 Å². The third-order valence-corrected chi connectivity index (χ3v) is 3.82. The van der Waals surface area contributed by atoms with Crippen molar-refractivity contribution in [3.8, 4) is 0 Å². The lowest BCUT2D eigenvalue weighted by atomic mass is 10.1. The number of rotatable bonds is 8. The molecule has 1 aromatic carbocycles. The van der Waals surface area contributed by atoms with Gasteiger partial charge >= 0.3 is 6.09 Å². The number of amides is 1. The number of halogens is 1. The Balaban J connectivity index is 0.000000547. The summed E-state index contributed by atoms with van der Waals surface area (Å²) in [5.74, 6) is 0.649. The summed E-state index contributed by atoms with van der Waals surface area (Å²) in [4.78, 5) is 14.3. The van der Waals surface area contributed by atoms with Gasteiger partial charge in [0.2, 0.25) is 0 Å². The van der Waals surface area contributed by atoms with Crippen molar-refractivity contribution < 1.29 is 9.53 Å². The minimum absolute atomic E-state index is 0. The maximum absolute atomic E-state index is 10.4. The predicted molar refractivity (Wildman–Crippen MR) is 120 cm³/mol. The Hall–Kier alpha value is -2.87. The van der Waals surface area contributed by atoms with Gasteiger partial charge in [-0.25, -0.2) is 9.78 Å². The lowest BCUT2D eigenvalue weighted by Crippen LogP contribution is -2.22. The van der Waals surface area contributed by atoms with Gasteiger partial charge in [0.05, 0.1) is 5.69 Å². The molecule has 160 valence electrons. The summed E-state index contributed by atoms with van der Waals surface area (Å²) >= 11 is 0. The Morgan fingerprint density at radius 1 is 1.07 bits per heavy atom. The highest BCUT2D eigenvalue weighted by Gasteiger charge is 2.08. The topological polar surface area (TPSA) is 142 Å². The molecule has 0 aliphatic rings. The van der Waals surface area contributed by atoms with Crippen LogP contribution in [0.4, 0.5) is 27.8 Å². The maximum Gasteiger partial charge on any atom is 0.404 e. The molecule has 2 aromatic rings. The van der Waals surface area contributed by atoms with E-state index in [1.54, 1.807) is 12.1 Å². The van der Waals surface area contributed by atoms with Crippen LogP contribution in [0.1, 0.15) is 46.0 Å². The van der Waals surface area contributed by atoms with Gasteiger partial charge in [-0.1, -0.05) is 44.9 Å². The molecule has 2 rings (SSSR count). The molecule has 0 bridgehead atoms. The van der Waals surface area contributed by atoms with Crippen molar-refractivity contribution in [1.29, 1.82) is 0 Å². The van der Waals surface area contributed by atoms with E-state index >= 15 is 0 Å². The van der Waals surface area contributed by atoms with E-state index in [0.29, 0.717) is 11.5 Å². The number of carbonyl (C=O) groups is 1. The van der Waals surface area contributed by atoms with Crippen LogP contribution < -0.4 is 17.2 Å². The van der Waals surface area contributed by atoms with Gasteiger partial charge in [0, 0.05) is 0 Å². The number of anilines is 2. The van der Waals surface area contributed by atoms with E-state index in [9.17, 15) is 4.79 Å². The van der Waals surface area contributed by atoms with Gasteiger partial charge in [-0.15, -0.1) is 17.5 Å². The van der Waals surface area contributed by atoms with Crippen LogP contribution in [0.3, 0.4) is 0 Å². The SMILES string of the molecule is CCCCCC(CC)OC(N)=O.Cl.Nc1ccc(/N=N/c2ccccc2)c(N)n1. The second kappa shape index (κ2) is 15.1. The largest absolute Gasteiger partial charge is 0.446 e. The first-order valence-electron chi connectivity index (χ1n) is 9.41. The van der Waals surface area contributed by atoms with Crippen molar-refractivity contribution in [3.05, 3.63) is 42.5 Å². The van der Waals surface area contributed by atoms with Gasteiger partial charge in [0.15, 0.2) is 5.82 Å². The van der Waals surface area contributed by atoms with E-state index in [2.05, 4.69) is 22.1 Å². The smallest absolute Gasteiger partial charge is 0.404 e. The average Bonchev–Trinajstić information content (AvgIpc) is 2.68. The summed E-state index contributed by atoms with van der Waals surface area (Å²) < 4.78 is 4.88.